The molecule has 0 saturated heterocycles. The zero-order valence-corrected chi connectivity index (χ0v) is 13.8. The van der Waals surface area contributed by atoms with Crippen molar-refractivity contribution < 1.29 is 5.11 Å². The Morgan fingerprint density at radius 3 is 2.58 bits per heavy atom. The van der Waals surface area contributed by atoms with Gasteiger partial charge in [-0.05, 0) is 35.1 Å². The van der Waals surface area contributed by atoms with E-state index in [1.807, 2.05) is 42.5 Å². The maximum Gasteiger partial charge on any atom is 0.252 e. The van der Waals surface area contributed by atoms with E-state index in [1.165, 1.54) is 5.56 Å². The van der Waals surface area contributed by atoms with Crippen LogP contribution in [-0.2, 0) is 13.0 Å². The second kappa shape index (κ2) is 7.43. The number of pyridine rings is 1. The highest BCUT2D eigenvalue weighted by atomic mass is 16.3. The molecule has 4 nitrogen and oxygen atoms in total. The van der Waals surface area contributed by atoms with E-state index in [0.717, 1.165) is 22.9 Å². The molecule has 1 atom stereocenters. The highest BCUT2D eigenvalue weighted by molar-refractivity contribution is 5.78. The topological polar surface area (TPSA) is 65.1 Å². The molecule has 0 saturated carbocycles. The Balaban J connectivity index is 1.77. The molecule has 24 heavy (non-hydrogen) atoms. The number of aromatic amines is 1. The summed E-state index contributed by atoms with van der Waals surface area (Å²) < 4.78 is 0. The van der Waals surface area contributed by atoms with Crippen LogP contribution in [0.2, 0.25) is 0 Å². The summed E-state index contributed by atoms with van der Waals surface area (Å²) in [6.07, 6.45) is 0.990. The Hall–Kier alpha value is -2.43. The van der Waals surface area contributed by atoms with Crippen LogP contribution in [0.3, 0.4) is 0 Å². The van der Waals surface area contributed by atoms with Gasteiger partial charge in [-0.15, -0.1) is 0 Å². The number of benzene rings is 2. The van der Waals surface area contributed by atoms with Crippen molar-refractivity contribution in [3.63, 3.8) is 0 Å². The summed E-state index contributed by atoms with van der Waals surface area (Å²) in [5.41, 5.74) is 3.69. The van der Waals surface area contributed by atoms with E-state index in [0.29, 0.717) is 12.1 Å². The fourth-order valence-electron chi connectivity index (χ4n) is 2.83. The highest BCUT2D eigenvalue weighted by Gasteiger charge is 2.11. The average Bonchev–Trinajstić information content (AvgIpc) is 2.63. The van der Waals surface area contributed by atoms with E-state index in [-0.39, 0.29) is 18.2 Å². The number of aromatic nitrogens is 1. The predicted molar refractivity (Wildman–Crippen MR) is 97.1 cm³/mol. The molecule has 3 aromatic rings. The van der Waals surface area contributed by atoms with Crippen molar-refractivity contribution in [3.8, 4) is 0 Å². The lowest BCUT2D eigenvalue weighted by Gasteiger charge is -2.17. The van der Waals surface area contributed by atoms with Gasteiger partial charge in [-0.3, -0.25) is 4.79 Å². The van der Waals surface area contributed by atoms with Gasteiger partial charge in [0.15, 0.2) is 0 Å². The minimum absolute atomic E-state index is 0.0169. The first-order chi connectivity index (χ1) is 11.7. The molecule has 0 bridgehead atoms. The lowest BCUT2D eigenvalue weighted by Crippen LogP contribution is -2.27. The van der Waals surface area contributed by atoms with E-state index in [1.54, 1.807) is 0 Å². The Labute approximate surface area is 141 Å². The Bertz CT molecular complexity index is 869. The molecule has 0 aliphatic rings. The number of hydrogen-bond acceptors (Lipinski definition) is 3. The molecule has 1 aromatic heterocycles. The van der Waals surface area contributed by atoms with E-state index >= 15 is 0 Å². The smallest absolute Gasteiger partial charge is 0.252 e. The summed E-state index contributed by atoms with van der Waals surface area (Å²) in [6.45, 7) is 2.50. The number of fused-ring (bicyclic) bond motifs is 1. The molecule has 0 aliphatic carbocycles. The summed E-state index contributed by atoms with van der Waals surface area (Å²) in [5, 5.41) is 14.0. The third-order valence-electron chi connectivity index (χ3n) is 4.34. The van der Waals surface area contributed by atoms with E-state index < -0.39 is 0 Å². The van der Waals surface area contributed by atoms with E-state index in [2.05, 4.69) is 29.4 Å². The molecule has 3 rings (SSSR count). The first-order valence-corrected chi connectivity index (χ1v) is 8.25. The lowest BCUT2D eigenvalue weighted by atomic mass is 10.0. The number of hydrogen-bond donors (Lipinski definition) is 3. The molecule has 0 aliphatic heterocycles. The summed E-state index contributed by atoms with van der Waals surface area (Å²) in [4.78, 5) is 15.1. The molecular formula is C20H22N2O2. The van der Waals surface area contributed by atoms with E-state index in [9.17, 15) is 9.90 Å². The van der Waals surface area contributed by atoms with Crippen LogP contribution >= 0.6 is 0 Å². The van der Waals surface area contributed by atoms with Gasteiger partial charge in [0.05, 0.1) is 12.6 Å². The van der Waals surface area contributed by atoms with Gasteiger partial charge in [-0.1, -0.05) is 49.4 Å². The highest BCUT2D eigenvalue weighted by Crippen LogP contribution is 2.15. The zero-order valence-electron chi connectivity index (χ0n) is 13.8. The number of para-hydroxylation sites is 1. The van der Waals surface area contributed by atoms with Gasteiger partial charge in [0.25, 0.3) is 5.56 Å². The molecular weight excluding hydrogens is 300 g/mol. The molecule has 0 amide bonds. The molecule has 1 heterocycles. The van der Waals surface area contributed by atoms with Crippen molar-refractivity contribution in [2.24, 2.45) is 0 Å². The van der Waals surface area contributed by atoms with Crippen molar-refractivity contribution in [3.05, 3.63) is 81.6 Å². The van der Waals surface area contributed by atoms with Gasteiger partial charge in [0, 0.05) is 17.6 Å². The van der Waals surface area contributed by atoms with Crippen LogP contribution in [0, 0.1) is 0 Å². The van der Waals surface area contributed by atoms with Crippen LogP contribution < -0.4 is 10.9 Å². The largest absolute Gasteiger partial charge is 0.394 e. The fraction of sp³-hybridized carbons (Fsp3) is 0.250. The molecule has 0 spiro atoms. The molecule has 4 heteroatoms. The number of rotatable bonds is 6. The average molecular weight is 322 g/mol. The second-order valence-corrected chi connectivity index (χ2v) is 5.92. The number of aliphatic hydroxyl groups is 1. The van der Waals surface area contributed by atoms with Gasteiger partial charge >= 0.3 is 0 Å². The van der Waals surface area contributed by atoms with Crippen molar-refractivity contribution in [2.45, 2.75) is 25.9 Å². The van der Waals surface area contributed by atoms with Crippen molar-refractivity contribution in [2.75, 3.05) is 6.61 Å². The third-order valence-corrected chi connectivity index (χ3v) is 4.34. The minimum Gasteiger partial charge on any atom is -0.394 e. The monoisotopic (exact) mass is 322 g/mol. The third kappa shape index (κ3) is 3.55. The minimum atomic E-state index is -0.193. The Morgan fingerprint density at radius 2 is 1.88 bits per heavy atom. The summed E-state index contributed by atoms with van der Waals surface area (Å²) in [5.74, 6) is 0. The molecule has 3 N–H and O–H groups in total. The van der Waals surface area contributed by atoms with Crippen molar-refractivity contribution in [1.82, 2.24) is 10.3 Å². The van der Waals surface area contributed by atoms with Gasteiger partial charge in [-0.25, -0.2) is 0 Å². The number of H-pyrrole nitrogens is 1. The maximum atomic E-state index is 12.2. The number of aryl methyl sites for hydroxylation is 1. The first kappa shape index (κ1) is 16.4. The predicted octanol–water partition coefficient (Wildman–Crippen LogP) is 2.91. The van der Waals surface area contributed by atoms with Crippen LogP contribution in [-0.4, -0.2) is 16.7 Å². The number of aliphatic hydroxyl groups excluding tert-OH is 1. The molecule has 1 unspecified atom stereocenters. The van der Waals surface area contributed by atoms with Gasteiger partial charge in [-0.2, -0.15) is 0 Å². The van der Waals surface area contributed by atoms with Gasteiger partial charge in [0.2, 0.25) is 0 Å². The standard InChI is InChI=1S/C20H22N2O2/c1-2-14-7-9-15(10-8-14)19(13-23)21-12-17-11-16-5-3-4-6-18(16)22-20(17)24/h3-11,19,21,23H,2,12-13H2,1H3,(H,22,24). The number of nitrogens with one attached hydrogen (secondary N) is 2. The van der Waals surface area contributed by atoms with Crippen LogP contribution in [0.15, 0.2) is 59.4 Å². The maximum absolute atomic E-state index is 12.2. The zero-order chi connectivity index (χ0) is 16.9. The Morgan fingerprint density at radius 1 is 1.12 bits per heavy atom. The fourth-order valence-corrected chi connectivity index (χ4v) is 2.83. The Kier molecular flexibility index (Phi) is 5.08. The van der Waals surface area contributed by atoms with Gasteiger partial charge < -0.3 is 15.4 Å². The normalized spacial score (nSPS) is 12.4. The molecule has 0 radical (unpaired) electrons. The summed E-state index contributed by atoms with van der Waals surface area (Å²) in [6, 6.07) is 17.6. The molecule has 124 valence electrons. The summed E-state index contributed by atoms with van der Waals surface area (Å²) >= 11 is 0. The van der Waals surface area contributed by atoms with E-state index in [4.69, 9.17) is 0 Å². The van der Waals surface area contributed by atoms with Crippen LogP contribution in [0.4, 0.5) is 0 Å². The molecule has 0 fully saturated rings. The van der Waals surface area contributed by atoms with Crippen molar-refractivity contribution in [1.29, 1.82) is 0 Å². The van der Waals surface area contributed by atoms with Crippen LogP contribution in [0.5, 0.6) is 0 Å². The SMILES string of the molecule is CCc1ccc(C(CO)NCc2cc3ccccc3[nH]c2=O)cc1. The lowest BCUT2D eigenvalue weighted by molar-refractivity contribution is 0.243. The molecule has 2 aromatic carbocycles. The van der Waals surface area contributed by atoms with Crippen molar-refractivity contribution >= 4 is 10.9 Å². The first-order valence-electron chi connectivity index (χ1n) is 8.25. The van der Waals surface area contributed by atoms with Crippen LogP contribution in [0.1, 0.15) is 29.7 Å². The van der Waals surface area contributed by atoms with Gasteiger partial charge in [0.1, 0.15) is 0 Å². The second-order valence-electron chi connectivity index (χ2n) is 5.92. The summed E-state index contributed by atoms with van der Waals surface area (Å²) in [7, 11) is 0. The quantitative estimate of drug-likeness (QED) is 0.654. The van der Waals surface area contributed by atoms with Crippen LogP contribution in [0.25, 0.3) is 10.9 Å².